The number of nitrogens with zero attached hydrogens (tertiary/aromatic N) is 1. The first-order valence-electron chi connectivity index (χ1n) is 8.62. The molecule has 1 atom stereocenters. The monoisotopic (exact) mass is 356 g/mol. The summed E-state index contributed by atoms with van der Waals surface area (Å²) < 4.78 is 10.5. The van der Waals surface area contributed by atoms with Gasteiger partial charge in [-0.2, -0.15) is 0 Å². The van der Waals surface area contributed by atoms with Crippen LogP contribution in [-0.4, -0.2) is 46.3 Å². The van der Waals surface area contributed by atoms with E-state index in [1.807, 2.05) is 13.8 Å². The Morgan fingerprint density at radius 1 is 1.04 bits per heavy atom. The van der Waals surface area contributed by atoms with Gasteiger partial charge in [-0.25, -0.2) is 14.5 Å². The highest BCUT2D eigenvalue weighted by Crippen LogP contribution is 2.28. The molecule has 7 nitrogen and oxygen atoms in total. The Morgan fingerprint density at radius 3 is 2.04 bits per heavy atom. The Labute approximate surface area is 150 Å². The summed E-state index contributed by atoms with van der Waals surface area (Å²) in [7, 11) is 0. The number of nitrogens with one attached hydrogen (secondary N) is 1. The predicted molar refractivity (Wildman–Crippen MR) is 94.1 cm³/mol. The van der Waals surface area contributed by atoms with Gasteiger partial charge in [-0.15, -0.1) is 0 Å². The number of amides is 3. The number of rotatable bonds is 3. The normalized spacial score (nSPS) is 19.0. The van der Waals surface area contributed by atoms with E-state index in [9.17, 15) is 14.4 Å². The topological polar surface area (TPSA) is 84.9 Å². The van der Waals surface area contributed by atoms with Crippen molar-refractivity contribution in [3.63, 3.8) is 0 Å². The minimum Gasteiger partial charge on any atom is -0.444 e. The van der Waals surface area contributed by atoms with Crippen molar-refractivity contribution in [2.45, 2.75) is 85.0 Å². The number of carbonyl (C=O) groups excluding carboxylic acids is 3. The second kappa shape index (κ2) is 7.22. The third kappa shape index (κ3) is 7.75. The SMILES string of the molecule is CC(C)(C[C@H]1CC(=O)N(C(=O)OC(C)(C)C)C1)NC(=O)OC(C)(C)C. The second-order valence-corrected chi connectivity index (χ2v) is 9.27. The zero-order valence-corrected chi connectivity index (χ0v) is 16.7. The molecule has 1 fully saturated rings. The Balaban J connectivity index is 2.61. The Bertz CT molecular complexity index is 529. The molecule has 0 aromatic heterocycles. The van der Waals surface area contributed by atoms with Crippen molar-refractivity contribution in [3.05, 3.63) is 0 Å². The van der Waals surface area contributed by atoms with Crippen molar-refractivity contribution in [1.82, 2.24) is 10.2 Å². The highest BCUT2D eigenvalue weighted by atomic mass is 16.6. The van der Waals surface area contributed by atoms with Crippen LogP contribution in [0, 0.1) is 5.92 Å². The van der Waals surface area contributed by atoms with E-state index >= 15 is 0 Å². The van der Waals surface area contributed by atoms with Gasteiger partial charge in [-0.3, -0.25) is 4.79 Å². The van der Waals surface area contributed by atoms with E-state index in [0.717, 1.165) is 4.90 Å². The van der Waals surface area contributed by atoms with Crippen molar-refractivity contribution in [2.24, 2.45) is 5.92 Å². The van der Waals surface area contributed by atoms with Crippen LogP contribution in [0.3, 0.4) is 0 Å². The summed E-state index contributed by atoms with van der Waals surface area (Å²) in [4.78, 5) is 37.3. The average molecular weight is 356 g/mol. The second-order valence-electron chi connectivity index (χ2n) is 9.27. The van der Waals surface area contributed by atoms with Crippen LogP contribution in [0.25, 0.3) is 0 Å². The van der Waals surface area contributed by atoms with Crippen LogP contribution in [0.4, 0.5) is 9.59 Å². The zero-order valence-electron chi connectivity index (χ0n) is 16.7. The Morgan fingerprint density at radius 2 is 1.56 bits per heavy atom. The lowest BCUT2D eigenvalue weighted by molar-refractivity contribution is -0.127. The van der Waals surface area contributed by atoms with E-state index in [1.54, 1.807) is 41.5 Å². The van der Waals surface area contributed by atoms with E-state index in [-0.39, 0.29) is 18.2 Å². The number of likely N-dealkylation sites (tertiary alicyclic amines) is 1. The van der Waals surface area contributed by atoms with Gasteiger partial charge in [0.15, 0.2) is 0 Å². The molecule has 0 bridgehead atoms. The van der Waals surface area contributed by atoms with Gasteiger partial charge in [-0.05, 0) is 67.7 Å². The highest BCUT2D eigenvalue weighted by Gasteiger charge is 2.39. The van der Waals surface area contributed by atoms with Crippen LogP contribution in [0.5, 0.6) is 0 Å². The molecule has 1 rings (SSSR count). The van der Waals surface area contributed by atoms with Crippen LogP contribution in [0.1, 0.15) is 68.2 Å². The smallest absolute Gasteiger partial charge is 0.417 e. The average Bonchev–Trinajstić information content (AvgIpc) is 2.62. The molecule has 0 aromatic rings. The Kier molecular flexibility index (Phi) is 6.13. The molecule has 1 N–H and O–H groups in total. The first-order valence-corrected chi connectivity index (χ1v) is 8.62. The van der Waals surface area contributed by atoms with E-state index in [2.05, 4.69) is 5.32 Å². The summed E-state index contributed by atoms with van der Waals surface area (Å²) in [6.07, 6.45) is -0.292. The van der Waals surface area contributed by atoms with Gasteiger partial charge in [0.1, 0.15) is 11.2 Å². The van der Waals surface area contributed by atoms with Crippen LogP contribution in [0.2, 0.25) is 0 Å². The predicted octanol–water partition coefficient (Wildman–Crippen LogP) is 3.46. The molecule has 3 amide bonds. The van der Waals surface area contributed by atoms with Crippen LogP contribution in [0.15, 0.2) is 0 Å². The van der Waals surface area contributed by atoms with Gasteiger partial charge >= 0.3 is 12.2 Å². The maximum Gasteiger partial charge on any atom is 0.417 e. The first-order chi connectivity index (χ1) is 11.1. The van der Waals surface area contributed by atoms with Crippen LogP contribution in [-0.2, 0) is 14.3 Å². The van der Waals surface area contributed by atoms with Gasteiger partial charge in [0.25, 0.3) is 0 Å². The molecule has 0 unspecified atom stereocenters. The van der Waals surface area contributed by atoms with Crippen molar-refractivity contribution in [3.8, 4) is 0 Å². The van der Waals surface area contributed by atoms with E-state index in [0.29, 0.717) is 13.0 Å². The van der Waals surface area contributed by atoms with Crippen LogP contribution >= 0.6 is 0 Å². The lowest BCUT2D eigenvalue weighted by Crippen LogP contribution is -2.47. The fourth-order valence-corrected chi connectivity index (χ4v) is 2.76. The van der Waals surface area contributed by atoms with E-state index in [4.69, 9.17) is 9.47 Å². The molecule has 1 heterocycles. The quantitative estimate of drug-likeness (QED) is 0.837. The van der Waals surface area contributed by atoms with Crippen molar-refractivity contribution in [2.75, 3.05) is 6.54 Å². The van der Waals surface area contributed by atoms with Crippen molar-refractivity contribution in [1.29, 1.82) is 0 Å². The van der Waals surface area contributed by atoms with E-state index < -0.39 is 28.9 Å². The standard InChI is InChI=1S/C18H32N2O5/c1-16(2,3)24-14(22)19-18(7,8)10-12-9-13(21)20(11-12)15(23)25-17(4,5)6/h12H,9-11H2,1-8H3,(H,19,22)/t12-/m1/s1. The summed E-state index contributed by atoms with van der Waals surface area (Å²) >= 11 is 0. The van der Waals surface area contributed by atoms with Gasteiger partial charge in [0.2, 0.25) is 5.91 Å². The summed E-state index contributed by atoms with van der Waals surface area (Å²) in [6.45, 7) is 14.7. The maximum absolute atomic E-state index is 12.1. The van der Waals surface area contributed by atoms with Gasteiger partial charge < -0.3 is 14.8 Å². The fraction of sp³-hybridized carbons (Fsp3) is 0.833. The van der Waals surface area contributed by atoms with Crippen molar-refractivity contribution < 1.29 is 23.9 Å². The molecule has 0 aliphatic carbocycles. The third-order valence-electron chi connectivity index (χ3n) is 3.46. The molecule has 25 heavy (non-hydrogen) atoms. The molecular weight excluding hydrogens is 324 g/mol. The summed E-state index contributed by atoms with van der Waals surface area (Å²) in [5.41, 5.74) is -1.78. The zero-order chi connectivity index (χ0) is 19.6. The molecule has 0 saturated carbocycles. The number of hydrogen-bond donors (Lipinski definition) is 1. The molecule has 1 aliphatic heterocycles. The minimum absolute atomic E-state index is 0.0371. The third-order valence-corrected chi connectivity index (χ3v) is 3.46. The van der Waals surface area contributed by atoms with Crippen LogP contribution < -0.4 is 5.32 Å². The molecule has 1 saturated heterocycles. The number of carbonyl (C=O) groups is 3. The molecule has 7 heteroatoms. The molecule has 0 radical (unpaired) electrons. The molecular formula is C18H32N2O5. The van der Waals surface area contributed by atoms with Gasteiger partial charge in [0.05, 0.1) is 0 Å². The van der Waals surface area contributed by atoms with E-state index in [1.165, 1.54) is 0 Å². The number of ether oxygens (including phenoxy) is 2. The molecule has 0 spiro atoms. The maximum atomic E-state index is 12.1. The summed E-state index contributed by atoms with van der Waals surface area (Å²) in [6, 6.07) is 0. The Hall–Kier alpha value is -1.79. The minimum atomic E-state index is -0.646. The van der Waals surface area contributed by atoms with Gasteiger partial charge in [0, 0.05) is 18.5 Å². The highest BCUT2D eigenvalue weighted by molar-refractivity contribution is 5.93. The van der Waals surface area contributed by atoms with Gasteiger partial charge in [-0.1, -0.05) is 0 Å². The lowest BCUT2D eigenvalue weighted by Gasteiger charge is -2.30. The summed E-state index contributed by atoms with van der Waals surface area (Å²) in [5, 5.41) is 2.83. The summed E-state index contributed by atoms with van der Waals surface area (Å²) in [5.74, 6) is -0.280. The first kappa shape index (κ1) is 21.3. The number of hydrogen-bond acceptors (Lipinski definition) is 5. The molecule has 1 aliphatic rings. The number of alkyl carbamates (subject to hydrolysis) is 1. The number of imide groups is 1. The largest absolute Gasteiger partial charge is 0.444 e. The molecule has 144 valence electrons. The fourth-order valence-electron chi connectivity index (χ4n) is 2.76. The molecule has 0 aromatic carbocycles. The lowest BCUT2D eigenvalue weighted by atomic mass is 9.90. The van der Waals surface area contributed by atoms with Crippen molar-refractivity contribution >= 4 is 18.1 Å².